The summed E-state index contributed by atoms with van der Waals surface area (Å²) in [5, 5.41) is 7.74. The van der Waals surface area contributed by atoms with E-state index in [9.17, 15) is 4.79 Å². The van der Waals surface area contributed by atoms with Crippen molar-refractivity contribution in [2.45, 2.75) is 59.5 Å². The molecule has 2 heterocycles. The fourth-order valence-electron chi connectivity index (χ4n) is 4.42. The van der Waals surface area contributed by atoms with Gasteiger partial charge in [0.2, 0.25) is 0 Å². The van der Waals surface area contributed by atoms with E-state index >= 15 is 0 Å². The van der Waals surface area contributed by atoms with Crippen LogP contribution in [0.25, 0.3) is 0 Å². The molecule has 1 aromatic heterocycles. The minimum absolute atomic E-state index is 0.0377. The van der Waals surface area contributed by atoms with Crippen molar-refractivity contribution in [2.75, 3.05) is 11.9 Å². The number of amides is 1. The van der Waals surface area contributed by atoms with Gasteiger partial charge in [-0.15, -0.1) is 11.3 Å². The molecule has 1 amide bonds. The first-order valence-electron chi connectivity index (χ1n) is 10.4. The number of ether oxygens (including phenoxy) is 1. The van der Waals surface area contributed by atoms with Crippen molar-refractivity contribution in [3.63, 3.8) is 0 Å². The molecular formula is C23H30N2O2S. The van der Waals surface area contributed by atoms with Gasteiger partial charge in [0.25, 0.3) is 5.91 Å². The number of para-hydroxylation sites is 1. The molecule has 0 unspecified atom stereocenters. The Morgan fingerprint density at radius 1 is 1.21 bits per heavy atom. The van der Waals surface area contributed by atoms with Gasteiger partial charge in [-0.1, -0.05) is 45.4 Å². The fraction of sp³-hybridized carbons (Fsp3) is 0.522. The number of fused-ring (bicyclic) bond motifs is 3. The second kappa shape index (κ2) is 7.43. The zero-order valence-electron chi connectivity index (χ0n) is 17.2. The lowest BCUT2D eigenvalue weighted by Crippen LogP contribution is -2.38. The van der Waals surface area contributed by atoms with E-state index in [1.165, 1.54) is 23.3 Å². The number of hydrogen-bond acceptors (Lipinski definition) is 4. The minimum atomic E-state index is -0.259. The van der Waals surface area contributed by atoms with Gasteiger partial charge >= 0.3 is 0 Å². The Kier molecular flexibility index (Phi) is 5.13. The molecule has 28 heavy (non-hydrogen) atoms. The first-order valence-corrected chi connectivity index (χ1v) is 11.2. The molecular weight excluding hydrogens is 368 g/mol. The topological polar surface area (TPSA) is 50.4 Å². The predicted octanol–water partition coefficient (Wildman–Crippen LogP) is 5.54. The van der Waals surface area contributed by atoms with E-state index in [0.29, 0.717) is 17.9 Å². The van der Waals surface area contributed by atoms with Crippen LogP contribution in [-0.2, 0) is 12.8 Å². The highest BCUT2D eigenvalue weighted by molar-refractivity contribution is 7.16. The van der Waals surface area contributed by atoms with Crippen LogP contribution in [0.2, 0.25) is 0 Å². The average molecular weight is 399 g/mol. The van der Waals surface area contributed by atoms with E-state index < -0.39 is 0 Å². The Hall–Kier alpha value is -2.01. The zero-order chi connectivity index (χ0) is 19.9. The second-order valence-electron chi connectivity index (χ2n) is 8.51. The molecule has 1 aliphatic heterocycles. The van der Waals surface area contributed by atoms with E-state index in [1.54, 1.807) is 11.3 Å². The number of anilines is 1. The van der Waals surface area contributed by atoms with E-state index in [4.69, 9.17) is 4.74 Å². The maximum Gasteiger partial charge on any atom is 0.256 e. The lowest BCUT2D eigenvalue weighted by Gasteiger charge is -2.36. The van der Waals surface area contributed by atoms with Gasteiger partial charge in [-0.05, 0) is 49.1 Å². The number of benzene rings is 1. The molecule has 1 aliphatic carbocycles. The SMILES string of the molecule is CCOc1ccccc1[C@H]1NC(=O)c2c(sc3c2CC[C@@H](C(C)(C)CC)C3)N1. The quantitative estimate of drug-likeness (QED) is 0.695. The summed E-state index contributed by atoms with van der Waals surface area (Å²) in [6, 6.07) is 7.92. The van der Waals surface area contributed by atoms with Gasteiger partial charge in [-0.3, -0.25) is 4.79 Å². The van der Waals surface area contributed by atoms with Gasteiger partial charge < -0.3 is 15.4 Å². The van der Waals surface area contributed by atoms with Crippen LogP contribution < -0.4 is 15.4 Å². The third-order valence-corrected chi connectivity index (χ3v) is 7.78. The Labute approximate surface area is 171 Å². The number of nitrogens with one attached hydrogen (secondary N) is 2. The van der Waals surface area contributed by atoms with Gasteiger partial charge in [-0.25, -0.2) is 0 Å². The van der Waals surface area contributed by atoms with Crippen molar-refractivity contribution in [3.8, 4) is 5.75 Å². The Morgan fingerprint density at radius 3 is 2.75 bits per heavy atom. The molecule has 0 spiro atoms. The lowest BCUT2D eigenvalue weighted by atomic mass is 9.69. The zero-order valence-corrected chi connectivity index (χ0v) is 18.0. The Balaban J connectivity index is 1.64. The van der Waals surface area contributed by atoms with Crippen molar-refractivity contribution in [1.82, 2.24) is 5.32 Å². The molecule has 0 bridgehead atoms. The highest BCUT2D eigenvalue weighted by Crippen LogP contribution is 2.47. The summed E-state index contributed by atoms with van der Waals surface area (Å²) >= 11 is 1.78. The van der Waals surface area contributed by atoms with Crippen molar-refractivity contribution in [3.05, 3.63) is 45.8 Å². The first kappa shape index (κ1) is 19.3. The largest absolute Gasteiger partial charge is 0.493 e. The third kappa shape index (κ3) is 3.30. The van der Waals surface area contributed by atoms with Crippen molar-refractivity contribution >= 4 is 22.2 Å². The van der Waals surface area contributed by atoms with Crippen molar-refractivity contribution in [2.24, 2.45) is 11.3 Å². The molecule has 4 nitrogen and oxygen atoms in total. The smallest absolute Gasteiger partial charge is 0.256 e. The Bertz CT molecular complexity index is 887. The van der Waals surface area contributed by atoms with Crippen LogP contribution in [0.1, 0.15) is 73.1 Å². The lowest BCUT2D eigenvalue weighted by molar-refractivity contribution is 0.0934. The molecule has 4 rings (SSSR count). The fourth-order valence-corrected chi connectivity index (χ4v) is 5.77. The number of carbonyl (C=O) groups is 1. The third-order valence-electron chi connectivity index (χ3n) is 6.59. The standard InChI is InChI=1S/C23H30N2O2S/c1-5-23(3,4)14-11-12-16-18(13-14)28-22-19(16)21(26)24-20(25-22)15-9-7-8-10-17(15)27-6-2/h7-10,14,20,25H,5-6,11-13H2,1-4H3,(H,24,26)/t14-,20+/m1/s1. The van der Waals surface area contributed by atoms with Crippen LogP contribution in [-0.4, -0.2) is 12.5 Å². The molecule has 2 atom stereocenters. The van der Waals surface area contributed by atoms with Crippen LogP contribution in [0.4, 0.5) is 5.00 Å². The highest BCUT2D eigenvalue weighted by Gasteiger charge is 2.37. The number of carbonyl (C=O) groups excluding carboxylic acids is 1. The van der Waals surface area contributed by atoms with E-state index in [2.05, 4.69) is 31.4 Å². The second-order valence-corrected chi connectivity index (χ2v) is 9.62. The molecule has 0 radical (unpaired) electrons. The number of thiophene rings is 1. The number of hydrogen-bond donors (Lipinski definition) is 2. The molecule has 2 N–H and O–H groups in total. The molecule has 0 fully saturated rings. The Morgan fingerprint density at radius 2 is 2.00 bits per heavy atom. The van der Waals surface area contributed by atoms with Gasteiger partial charge in [0.15, 0.2) is 0 Å². The van der Waals surface area contributed by atoms with Crippen molar-refractivity contribution in [1.29, 1.82) is 0 Å². The molecule has 0 saturated heterocycles. The van der Waals surface area contributed by atoms with Gasteiger partial charge in [-0.2, -0.15) is 0 Å². The summed E-state index contributed by atoms with van der Waals surface area (Å²) in [4.78, 5) is 14.4. The summed E-state index contributed by atoms with van der Waals surface area (Å²) in [7, 11) is 0. The van der Waals surface area contributed by atoms with Crippen LogP contribution in [0, 0.1) is 11.3 Å². The minimum Gasteiger partial charge on any atom is -0.493 e. The van der Waals surface area contributed by atoms with E-state index in [1.807, 2.05) is 31.2 Å². The molecule has 1 aromatic carbocycles. The average Bonchev–Trinajstić information content (AvgIpc) is 3.06. The summed E-state index contributed by atoms with van der Waals surface area (Å²) in [6.45, 7) is 9.61. The molecule has 0 saturated carbocycles. The maximum atomic E-state index is 13.0. The van der Waals surface area contributed by atoms with Crippen LogP contribution in [0.5, 0.6) is 5.75 Å². The highest BCUT2D eigenvalue weighted by atomic mass is 32.1. The summed E-state index contributed by atoms with van der Waals surface area (Å²) < 4.78 is 5.77. The molecule has 150 valence electrons. The number of rotatable bonds is 5. The molecule has 5 heteroatoms. The van der Waals surface area contributed by atoms with E-state index in [0.717, 1.165) is 34.7 Å². The van der Waals surface area contributed by atoms with Crippen LogP contribution in [0.3, 0.4) is 0 Å². The summed E-state index contributed by atoms with van der Waals surface area (Å²) in [5.41, 5.74) is 3.46. The predicted molar refractivity (Wildman–Crippen MR) is 115 cm³/mol. The monoisotopic (exact) mass is 398 g/mol. The van der Waals surface area contributed by atoms with E-state index in [-0.39, 0.29) is 12.1 Å². The van der Waals surface area contributed by atoms with Crippen LogP contribution in [0.15, 0.2) is 24.3 Å². The summed E-state index contributed by atoms with van der Waals surface area (Å²) in [6.07, 6.45) is 4.19. The van der Waals surface area contributed by atoms with Crippen LogP contribution >= 0.6 is 11.3 Å². The normalized spacial score (nSPS) is 21.4. The summed E-state index contributed by atoms with van der Waals surface area (Å²) in [5.74, 6) is 1.54. The maximum absolute atomic E-state index is 13.0. The molecule has 2 aliphatic rings. The van der Waals surface area contributed by atoms with Gasteiger partial charge in [0.1, 0.15) is 16.9 Å². The van der Waals surface area contributed by atoms with Crippen molar-refractivity contribution < 1.29 is 9.53 Å². The molecule has 2 aromatic rings. The first-order chi connectivity index (χ1) is 13.4. The van der Waals surface area contributed by atoms with Gasteiger partial charge in [0.05, 0.1) is 12.2 Å². The van der Waals surface area contributed by atoms with Gasteiger partial charge in [0, 0.05) is 10.4 Å².